The van der Waals surface area contributed by atoms with Gasteiger partial charge in [-0.15, -0.1) is 0 Å². The molecule has 0 radical (unpaired) electrons. The number of aromatic nitrogens is 3. The van der Waals surface area contributed by atoms with Crippen LogP contribution in [-0.2, 0) is 4.74 Å². The van der Waals surface area contributed by atoms with Crippen LogP contribution in [0.5, 0.6) is 5.75 Å². The van der Waals surface area contributed by atoms with E-state index in [4.69, 9.17) is 37.2 Å². The van der Waals surface area contributed by atoms with Gasteiger partial charge >= 0.3 is 5.97 Å². The molecule has 9 nitrogen and oxygen atoms in total. The summed E-state index contributed by atoms with van der Waals surface area (Å²) in [6.45, 7) is 2.58. The van der Waals surface area contributed by atoms with Crippen LogP contribution in [-0.4, -0.2) is 59.6 Å². The van der Waals surface area contributed by atoms with Crippen molar-refractivity contribution in [1.29, 1.82) is 0 Å². The smallest absolute Gasteiger partial charge is 0.354 e. The molecule has 3 aromatic heterocycles. The third-order valence-corrected chi connectivity index (χ3v) is 9.00. The molecule has 2 unspecified atom stereocenters. The Kier molecular flexibility index (Phi) is 7.04. The van der Waals surface area contributed by atoms with E-state index in [0.29, 0.717) is 69.5 Å². The third-order valence-electron chi connectivity index (χ3n) is 8.42. The number of rotatable bonds is 10. The largest absolute Gasteiger partial charge is 0.490 e. The van der Waals surface area contributed by atoms with E-state index in [9.17, 15) is 9.90 Å². The summed E-state index contributed by atoms with van der Waals surface area (Å²) >= 11 is 12.9. The van der Waals surface area contributed by atoms with Crippen LogP contribution >= 0.6 is 23.2 Å². The number of aromatic carboxylic acids is 1. The van der Waals surface area contributed by atoms with Crippen molar-refractivity contribution in [3.63, 3.8) is 0 Å². The predicted molar refractivity (Wildman–Crippen MR) is 160 cm³/mol. The molecule has 3 fully saturated rings. The van der Waals surface area contributed by atoms with E-state index in [0.717, 1.165) is 48.3 Å². The summed E-state index contributed by atoms with van der Waals surface area (Å²) in [7, 11) is 1.60. The standard InChI is InChI=1S/C31H28Cl2N4O5/c1-40-8-9-41-27-11-26(31(38)39)35-25-7-4-17(10-20(25)27)37-14-21-18(22(21)15-37)5-6-19-29(36-42-30(19)16-2-3-16)28-23(32)12-34-13-24(28)33/h4-7,10-13,16,18,21-22H,2-3,8-9,14-15H2,1H3,(H,38,39)/b6-5+. The summed E-state index contributed by atoms with van der Waals surface area (Å²) in [6, 6.07) is 7.39. The lowest BCUT2D eigenvalue weighted by molar-refractivity contribution is 0.0690. The first kappa shape index (κ1) is 27.2. The first-order valence-corrected chi connectivity index (χ1v) is 14.7. The van der Waals surface area contributed by atoms with Crippen LogP contribution in [0.15, 0.2) is 47.3 Å². The Morgan fingerprint density at radius 1 is 1.14 bits per heavy atom. The lowest BCUT2D eigenvalue weighted by atomic mass is 10.0. The van der Waals surface area contributed by atoms with Gasteiger partial charge in [-0.25, -0.2) is 9.78 Å². The molecule has 3 aliphatic rings. The van der Waals surface area contributed by atoms with Gasteiger partial charge in [-0.05, 0) is 48.8 Å². The van der Waals surface area contributed by atoms with E-state index < -0.39 is 5.97 Å². The maximum Gasteiger partial charge on any atom is 0.354 e. The average molecular weight is 607 g/mol. The zero-order valence-corrected chi connectivity index (χ0v) is 24.3. The number of allylic oxidation sites excluding steroid dienone is 1. The number of ether oxygens (including phenoxy) is 2. The quantitative estimate of drug-likeness (QED) is 0.200. The highest BCUT2D eigenvalue weighted by Crippen LogP contribution is 2.54. The molecule has 1 aliphatic heterocycles. The SMILES string of the molecule is COCCOc1cc(C(=O)O)nc2ccc(N3CC4C(/C=C/c5c(-c6c(Cl)cncc6Cl)noc5C5CC5)C4C3)cc12. The molecule has 0 bridgehead atoms. The van der Waals surface area contributed by atoms with Crippen molar-refractivity contribution >= 4 is 51.8 Å². The lowest BCUT2D eigenvalue weighted by Crippen LogP contribution is -2.23. The predicted octanol–water partition coefficient (Wildman–Crippen LogP) is 6.59. The van der Waals surface area contributed by atoms with Gasteiger partial charge in [0.1, 0.15) is 23.8 Å². The first-order chi connectivity index (χ1) is 20.4. The number of carbonyl (C=O) groups is 1. The van der Waals surface area contributed by atoms with E-state index >= 15 is 0 Å². The minimum atomic E-state index is -1.09. The molecule has 1 aromatic carbocycles. The molecule has 42 heavy (non-hydrogen) atoms. The maximum atomic E-state index is 11.6. The number of fused-ring (bicyclic) bond motifs is 2. The van der Waals surface area contributed by atoms with Crippen LogP contribution in [0, 0.1) is 17.8 Å². The molecule has 0 spiro atoms. The summed E-state index contributed by atoms with van der Waals surface area (Å²) in [4.78, 5) is 22.4. The summed E-state index contributed by atoms with van der Waals surface area (Å²) in [5.41, 5.74) is 3.88. The monoisotopic (exact) mass is 606 g/mol. The normalized spacial score (nSPS) is 21.3. The van der Waals surface area contributed by atoms with Gasteiger partial charge in [0.2, 0.25) is 0 Å². The van der Waals surface area contributed by atoms with Gasteiger partial charge in [-0.2, -0.15) is 0 Å². The molecule has 1 N–H and O–H groups in total. The van der Waals surface area contributed by atoms with Gasteiger partial charge < -0.3 is 24.0 Å². The number of hydrogen-bond donors (Lipinski definition) is 1. The van der Waals surface area contributed by atoms with Crippen molar-refractivity contribution in [3.05, 3.63) is 69.8 Å². The van der Waals surface area contributed by atoms with E-state index in [1.54, 1.807) is 19.5 Å². The Hall–Kier alpha value is -3.66. The van der Waals surface area contributed by atoms with E-state index in [1.807, 2.05) is 18.2 Å². The van der Waals surface area contributed by atoms with Crippen LogP contribution < -0.4 is 9.64 Å². The van der Waals surface area contributed by atoms with Crippen molar-refractivity contribution < 1.29 is 23.9 Å². The number of carboxylic acid groups (broad SMARTS) is 1. The first-order valence-electron chi connectivity index (χ1n) is 13.9. The molecular formula is C31H28Cl2N4O5. The van der Waals surface area contributed by atoms with Crippen LogP contribution in [0.1, 0.15) is 40.6 Å². The highest BCUT2D eigenvalue weighted by Gasteiger charge is 2.54. The summed E-state index contributed by atoms with van der Waals surface area (Å²) in [5.74, 6) is 2.24. The Labute approximate surface area is 252 Å². The van der Waals surface area contributed by atoms with Crippen molar-refractivity contribution in [2.24, 2.45) is 17.8 Å². The highest BCUT2D eigenvalue weighted by molar-refractivity contribution is 6.39. The number of methoxy groups -OCH3 is 1. The maximum absolute atomic E-state index is 11.6. The average Bonchev–Trinajstić information content (AvgIpc) is 3.84. The molecule has 4 heterocycles. The number of carboxylic acids is 1. The minimum Gasteiger partial charge on any atom is -0.490 e. The molecular weight excluding hydrogens is 579 g/mol. The second-order valence-corrected chi connectivity index (χ2v) is 11.9. The van der Waals surface area contributed by atoms with Gasteiger partial charge in [-0.1, -0.05) is 40.5 Å². The molecule has 1 saturated heterocycles. The van der Waals surface area contributed by atoms with Crippen molar-refractivity contribution in [2.45, 2.75) is 18.8 Å². The number of benzene rings is 1. The van der Waals surface area contributed by atoms with E-state index in [-0.39, 0.29) is 5.69 Å². The Morgan fingerprint density at radius 3 is 2.60 bits per heavy atom. The summed E-state index contributed by atoms with van der Waals surface area (Å²) in [5, 5.41) is 15.5. The minimum absolute atomic E-state index is 0.0472. The van der Waals surface area contributed by atoms with Gasteiger partial charge in [0.05, 0.1) is 22.2 Å². The molecule has 2 atom stereocenters. The Bertz CT molecular complexity index is 1690. The van der Waals surface area contributed by atoms with E-state index in [1.165, 1.54) is 6.07 Å². The number of halogens is 2. The van der Waals surface area contributed by atoms with Crippen LogP contribution in [0.4, 0.5) is 5.69 Å². The van der Waals surface area contributed by atoms with Crippen LogP contribution in [0.3, 0.4) is 0 Å². The molecule has 2 aliphatic carbocycles. The Morgan fingerprint density at radius 2 is 1.90 bits per heavy atom. The van der Waals surface area contributed by atoms with Gasteiger partial charge in [0, 0.05) is 66.8 Å². The number of piperidine rings is 1. The van der Waals surface area contributed by atoms with Gasteiger partial charge in [0.25, 0.3) is 0 Å². The number of anilines is 1. The topological polar surface area (TPSA) is 111 Å². The van der Waals surface area contributed by atoms with Crippen molar-refractivity contribution in [2.75, 3.05) is 38.3 Å². The van der Waals surface area contributed by atoms with Crippen LogP contribution in [0.25, 0.3) is 28.2 Å². The zero-order chi connectivity index (χ0) is 29.0. The zero-order valence-electron chi connectivity index (χ0n) is 22.8. The Balaban J connectivity index is 1.10. The molecule has 11 heteroatoms. The molecule has 7 rings (SSSR count). The fourth-order valence-electron chi connectivity index (χ4n) is 6.05. The third kappa shape index (κ3) is 4.99. The van der Waals surface area contributed by atoms with Crippen molar-refractivity contribution in [1.82, 2.24) is 15.1 Å². The van der Waals surface area contributed by atoms with Gasteiger partial charge in [-0.3, -0.25) is 4.98 Å². The second kappa shape index (κ2) is 10.9. The highest BCUT2D eigenvalue weighted by atomic mass is 35.5. The molecule has 4 aromatic rings. The number of nitrogens with zero attached hydrogens (tertiary/aromatic N) is 4. The second-order valence-electron chi connectivity index (χ2n) is 11.1. The summed E-state index contributed by atoms with van der Waals surface area (Å²) in [6.07, 6.45) is 9.76. The number of pyridine rings is 2. The molecule has 2 saturated carbocycles. The fraction of sp³-hybridized carbons (Fsp3) is 0.355. The lowest BCUT2D eigenvalue weighted by Gasteiger charge is -2.22. The fourth-order valence-corrected chi connectivity index (χ4v) is 6.59. The van der Waals surface area contributed by atoms with Crippen molar-refractivity contribution in [3.8, 4) is 17.0 Å². The van der Waals surface area contributed by atoms with Crippen LogP contribution in [0.2, 0.25) is 10.0 Å². The number of hydrogen-bond acceptors (Lipinski definition) is 8. The van der Waals surface area contributed by atoms with Gasteiger partial charge in [0.15, 0.2) is 5.69 Å². The summed E-state index contributed by atoms with van der Waals surface area (Å²) < 4.78 is 16.8. The molecule has 216 valence electrons. The molecule has 0 amide bonds. The van der Waals surface area contributed by atoms with E-state index in [2.05, 4.69) is 32.2 Å².